The zero-order chi connectivity index (χ0) is 10.9. The van der Waals surface area contributed by atoms with E-state index in [1.165, 1.54) is 58.7 Å². The van der Waals surface area contributed by atoms with Crippen LogP contribution in [-0.2, 0) is 0 Å². The first-order chi connectivity index (χ1) is 7.29. The second-order valence-corrected chi connectivity index (χ2v) is 4.88. The Balaban J connectivity index is 1.83. The summed E-state index contributed by atoms with van der Waals surface area (Å²) in [5.41, 5.74) is 0. The minimum Gasteiger partial charge on any atom is -0.317 e. The summed E-state index contributed by atoms with van der Waals surface area (Å²) in [7, 11) is 0. The summed E-state index contributed by atoms with van der Waals surface area (Å²) in [4.78, 5) is 2.56. The molecular formula is C12H27N3. The van der Waals surface area contributed by atoms with Crippen molar-refractivity contribution < 1.29 is 0 Å². The van der Waals surface area contributed by atoms with Gasteiger partial charge in [0.15, 0.2) is 0 Å². The monoisotopic (exact) mass is 213 g/mol. The fourth-order valence-corrected chi connectivity index (χ4v) is 1.88. The third-order valence-electron chi connectivity index (χ3n) is 2.94. The van der Waals surface area contributed by atoms with Crippen molar-refractivity contribution in [3.63, 3.8) is 0 Å². The highest BCUT2D eigenvalue weighted by atomic mass is 15.2. The molecule has 0 saturated carbocycles. The predicted octanol–water partition coefficient (Wildman–Crippen LogP) is 0.917. The summed E-state index contributed by atoms with van der Waals surface area (Å²) >= 11 is 0. The van der Waals surface area contributed by atoms with Crippen molar-refractivity contribution in [1.82, 2.24) is 15.5 Å². The van der Waals surface area contributed by atoms with Crippen LogP contribution in [0.4, 0.5) is 0 Å². The van der Waals surface area contributed by atoms with Gasteiger partial charge in [-0.05, 0) is 38.4 Å². The molecule has 3 heteroatoms. The van der Waals surface area contributed by atoms with Crippen LogP contribution in [0, 0.1) is 5.92 Å². The molecule has 0 unspecified atom stereocenters. The number of hydrogen-bond donors (Lipinski definition) is 2. The van der Waals surface area contributed by atoms with E-state index in [0.29, 0.717) is 0 Å². The highest BCUT2D eigenvalue weighted by Gasteiger charge is 2.07. The third-order valence-corrected chi connectivity index (χ3v) is 2.94. The molecule has 0 aromatic rings. The molecule has 0 amide bonds. The average molecular weight is 213 g/mol. The van der Waals surface area contributed by atoms with Crippen molar-refractivity contribution in [1.29, 1.82) is 0 Å². The van der Waals surface area contributed by atoms with Gasteiger partial charge in [0, 0.05) is 26.2 Å². The summed E-state index contributed by atoms with van der Waals surface area (Å²) in [5, 5.41) is 6.89. The Bertz CT molecular complexity index is 142. The molecule has 1 aliphatic rings. The fourth-order valence-electron chi connectivity index (χ4n) is 1.88. The number of rotatable bonds is 7. The van der Waals surface area contributed by atoms with E-state index in [4.69, 9.17) is 0 Å². The first-order valence-corrected chi connectivity index (χ1v) is 6.43. The van der Waals surface area contributed by atoms with Crippen molar-refractivity contribution in [2.45, 2.75) is 26.7 Å². The zero-order valence-corrected chi connectivity index (χ0v) is 10.4. The molecule has 1 rings (SSSR count). The van der Waals surface area contributed by atoms with E-state index in [1.807, 2.05) is 0 Å². The van der Waals surface area contributed by atoms with Gasteiger partial charge < -0.3 is 15.5 Å². The summed E-state index contributed by atoms with van der Waals surface area (Å²) in [6.07, 6.45) is 2.59. The Morgan fingerprint density at radius 3 is 2.60 bits per heavy atom. The van der Waals surface area contributed by atoms with E-state index >= 15 is 0 Å². The molecule has 1 saturated heterocycles. The van der Waals surface area contributed by atoms with Crippen LogP contribution in [0.1, 0.15) is 26.7 Å². The maximum Gasteiger partial charge on any atom is 0.0107 e. The molecule has 0 bridgehead atoms. The molecule has 1 fully saturated rings. The zero-order valence-electron chi connectivity index (χ0n) is 10.4. The van der Waals surface area contributed by atoms with Crippen LogP contribution in [0.25, 0.3) is 0 Å². The second kappa shape index (κ2) is 8.08. The van der Waals surface area contributed by atoms with Crippen molar-refractivity contribution >= 4 is 0 Å². The average Bonchev–Trinajstić information content (AvgIpc) is 2.24. The lowest BCUT2D eigenvalue weighted by molar-refractivity contribution is 0.237. The summed E-state index contributed by atoms with van der Waals surface area (Å²) in [5.74, 6) is 0.825. The van der Waals surface area contributed by atoms with E-state index < -0.39 is 0 Å². The second-order valence-electron chi connectivity index (χ2n) is 4.88. The molecule has 90 valence electrons. The van der Waals surface area contributed by atoms with Crippen LogP contribution in [0.3, 0.4) is 0 Å². The lowest BCUT2D eigenvalue weighted by atomic mass is 10.1. The van der Waals surface area contributed by atoms with E-state index in [0.717, 1.165) is 5.92 Å². The number of nitrogens with one attached hydrogen (secondary N) is 2. The van der Waals surface area contributed by atoms with Gasteiger partial charge in [-0.1, -0.05) is 13.8 Å². The summed E-state index contributed by atoms with van der Waals surface area (Å²) in [6, 6.07) is 0. The van der Waals surface area contributed by atoms with Gasteiger partial charge in [-0.3, -0.25) is 0 Å². The Labute approximate surface area is 94.6 Å². The largest absolute Gasteiger partial charge is 0.317 e. The van der Waals surface area contributed by atoms with Crippen LogP contribution < -0.4 is 10.6 Å². The Kier molecular flexibility index (Phi) is 6.98. The van der Waals surface area contributed by atoms with Gasteiger partial charge >= 0.3 is 0 Å². The van der Waals surface area contributed by atoms with Gasteiger partial charge in [-0.15, -0.1) is 0 Å². The summed E-state index contributed by atoms with van der Waals surface area (Å²) < 4.78 is 0. The molecule has 3 nitrogen and oxygen atoms in total. The van der Waals surface area contributed by atoms with Crippen LogP contribution in [0.15, 0.2) is 0 Å². The van der Waals surface area contributed by atoms with E-state index in [9.17, 15) is 0 Å². The first-order valence-electron chi connectivity index (χ1n) is 6.43. The van der Waals surface area contributed by atoms with Gasteiger partial charge in [-0.25, -0.2) is 0 Å². The van der Waals surface area contributed by atoms with Crippen LogP contribution in [0.5, 0.6) is 0 Å². The lowest BCUT2D eigenvalue weighted by Crippen LogP contribution is -2.44. The third kappa shape index (κ3) is 6.88. The molecule has 0 radical (unpaired) electrons. The molecule has 1 heterocycles. The highest BCUT2D eigenvalue weighted by molar-refractivity contribution is 4.67. The van der Waals surface area contributed by atoms with E-state index in [2.05, 4.69) is 29.4 Å². The quantitative estimate of drug-likeness (QED) is 0.616. The van der Waals surface area contributed by atoms with Crippen molar-refractivity contribution in [3.05, 3.63) is 0 Å². The summed E-state index contributed by atoms with van der Waals surface area (Å²) in [6.45, 7) is 13.0. The highest BCUT2D eigenvalue weighted by Crippen LogP contribution is 1.97. The Hall–Kier alpha value is -0.120. The molecule has 0 aliphatic carbocycles. The smallest absolute Gasteiger partial charge is 0.0107 e. The van der Waals surface area contributed by atoms with Gasteiger partial charge in [0.05, 0.1) is 0 Å². The molecule has 0 aromatic heterocycles. The van der Waals surface area contributed by atoms with E-state index in [-0.39, 0.29) is 0 Å². The molecule has 2 N–H and O–H groups in total. The van der Waals surface area contributed by atoms with Crippen molar-refractivity contribution in [2.75, 3.05) is 45.8 Å². The number of hydrogen-bond acceptors (Lipinski definition) is 3. The molecular weight excluding hydrogens is 186 g/mol. The topological polar surface area (TPSA) is 27.3 Å². The lowest BCUT2D eigenvalue weighted by Gasteiger charge is -2.27. The minimum atomic E-state index is 0.825. The molecule has 15 heavy (non-hydrogen) atoms. The van der Waals surface area contributed by atoms with Crippen LogP contribution in [-0.4, -0.2) is 50.7 Å². The Morgan fingerprint density at radius 2 is 1.93 bits per heavy atom. The SMILES string of the molecule is CC(C)CCNCCCN1CCNCC1. The van der Waals surface area contributed by atoms with Gasteiger partial charge in [0.1, 0.15) is 0 Å². The minimum absolute atomic E-state index is 0.825. The number of piperazine rings is 1. The van der Waals surface area contributed by atoms with Gasteiger partial charge in [-0.2, -0.15) is 0 Å². The maximum absolute atomic E-state index is 3.51. The Morgan fingerprint density at radius 1 is 1.20 bits per heavy atom. The fraction of sp³-hybridized carbons (Fsp3) is 1.00. The number of nitrogens with zero attached hydrogens (tertiary/aromatic N) is 1. The first kappa shape index (κ1) is 12.9. The standard InChI is InChI=1S/C12H27N3/c1-12(2)4-6-13-5-3-9-15-10-7-14-8-11-15/h12-14H,3-11H2,1-2H3. The maximum atomic E-state index is 3.51. The van der Waals surface area contributed by atoms with Crippen LogP contribution >= 0.6 is 0 Å². The molecule has 1 aliphatic heterocycles. The normalized spacial score (nSPS) is 18.6. The van der Waals surface area contributed by atoms with E-state index in [1.54, 1.807) is 0 Å². The van der Waals surface area contributed by atoms with Crippen molar-refractivity contribution in [3.8, 4) is 0 Å². The molecule has 0 atom stereocenters. The molecule has 0 aromatic carbocycles. The van der Waals surface area contributed by atoms with Gasteiger partial charge in [0.25, 0.3) is 0 Å². The van der Waals surface area contributed by atoms with Crippen LogP contribution in [0.2, 0.25) is 0 Å². The van der Waals surface area contributed by atoms with Gasteiger partial charge in [0.2, 0.25) is 0 Å². The van der Waals surface area contributed by atoms with Crippen molar-refractivity contribution in [2.24, 2.45) is 5.92 Å². The molecule has 0 spiro atoms. The predicted molar refractivity (Wildman–Crippen MR) is 66.3 cm³/mol.